The summed E-state index contributed by atoms with van der Waals surface area (Å²) >= 11 is 1.39. The van der Waals surface area contributed by atoms with Crippen LogP contribution in [0.25, 0.3) is 0 Å². The molecule has 1 saturated heterocycles. The summed E-state index contributed by atoms with van der Waals surface area (Å²) in [5.41, 5.74) is 1.88. The number of carbonyl (C=O) groups is 2. The number of benzene rings is 1. The minimum Gasteiger partial charge on any atom is -0.349 e. The van der Waals surface area contributed by atoms with Crippen LogP contribution >= 0.6 is 11.3 Å². The van der Waals surface area contributed by atoms with Gasteiger partial charge in [0.25, 0.3) is 0 Å². The lowest BCUT2D eigenvalue weighted by molar-refractivity contribution is -0.121. The highest BCUT2D eigenvalue weighted by atomic mass is 32.1. The van der Waals surface area contributed by atoms with Crippen molar-refractivity contribution in [2.75, 3.05) is 18.0 Å². The first-order valence-electron chi connectivity index (χ1n) is 9.16. The van der Waals surface area contributed by atoms with E-state index in [1.807, 2.05) is 35.7 Å². The second kappa shape index (κ2) is 8.08. The third-order valence-electron chi connectivity index (χ3n) is 4.32. The Balaban J connectivity index is 1.66. The molecule has 1 aromatic heterocycles. The molecule has 1 atom stereocenters. The number of aromatic nitrogens is 1. The zero-order valence-electron chi connectivity index (χ0n) is 16.0. The molecule has 0 saturated carbocycles. The number of amides is 3. The zero-order chi connectivity index (χ0) is 19.4. The van der Waals surface area contributed by atoms with Crippen molar-refractivity contribution in [2.24, 2.45) is 5.41 Å². The Kier molecular flexibility index (Phi) is 5.79. The Morgan fingerprint density at radius 1 is 1.33 bits per heavy atom. The average molecular weight is 387 g/mol. The van der Waals surface area contributed by atoms with Gasteiger partial charge in [-0.2, -0.15) is 0 Å². The Hall–Kier alpha value is -2.41. The van der Waals surface area contributed by atoms with E-state index in [9.17, 15) is 9.59 Å². The van der Waals surface area contributed by atoms with Gasteiger partial charge in [-0.15, -0.1) is 11.3 Å². The molecule has 1 aliphatic rings. The van der Waals surface area contributed by atoms with Gasteiger partial charge in [0.05, 0.1) is 18.2 Å². The predicted octanol–water partition coefficient (Wildman–Crippen LogP) is 3.51. The molecule has 27 heavy (non-hydrogen) atoms. The van der Waals surface area contributed by atoms with Gasteiger partial charge in [-0.05, 0) is 17.4 Å². The van der Waals surface area contributed by atoms with Gasteiger partial charge in [-0.3, -0.25) is 9.69 Å². The predicted molar refractivity (Wildman–Crippen MR) is 108 cm³/mol. The van der Waals surface area contributed by atoms with Crippen LogP contribution in [0, 0.1) is 5.41 Å². The molecule has 2 heterocycles. The number of anilines is 1. The number of thiazole rings is 1. The maximum absolute atomic E-state index is 12.6. The lowest BCUT2D eigenvalue weighted by atomic mass is 9.85. The standard InChI is InChI=1S/C20H26N4O2S/c1-20(2,3)12-16(14-7-5-4-6-8-14)23-17(25)11-15-13-27-19(22-15)24-10-9-21-18(24)26/h4-8,13,16H,9-12H2,1-3H3,(H,21,26)(H,23,25). The summed E-state index contributed by atoms with van der Waals surface area (Å²) in [7, 11) is 0. The van der Waals surface area contributed by atoms with E-state index in [1.54, 1.807) is 4.90 Å². The van der Waals surface area contributed by atoms with Crippen LogP contribution < -0.4 is 15.5 Å². The Morgan fingerprint density at radius 2 is 2.07 bits per heavy atom. The fourth-order valence-corrected chi connectivity index (χ4v) is 3.96. The molecule has 3 amide bonds. The van der Waals surface area contributed by atoms with Crippen molar-refractivity contribution in [3.05, 3.63) is 47.0 Å². The van der Waals surface area contributed by atoms with Crippen LogP contribution in [0.15, 0.2) is 35.7 Å². The van der Waals surface area contributed by atoms with Crippen molar-refractivity contribution < 1.29 is 9.59 Å². The van der Waals surface area contributed by atoms with Crippen molar-refractivity contribution in [3.63, 3.8) is 0 Å². The molecule has 0 spiro atoms. The van der Waals surface area contributed by atoms with E-state index in [2.05, 4.69) is 36.4 Å². The summed E-state index contributed by atoms with van der Waals surface area (Å²) in [6.07, 6.45) is 1.05. The minimum absolute atomic E-state index is 0.0406. The normalized spacial score (nSPS) is 15.5. The molecule has 0 bridgehead atoms. The fourth-order valence-electron chi connectivity index (χ4n) is 3.12. The van der Waals surface area contributed by atoms with Crippen LogP contribution in [0.5, 0.6) is 0 Å². The van der Waals surface area contributed by atoms with Crippen molar-refractivity contribution in [3.8, 4) is 0 Å². The lowest BCUT2D eigenvalue weighted by Crippen LogP contribution is -2.32. The fraction of sp³-hybridized carbons (Fsp3) is 0.450. The summed E-state index contributed by atoms with van der Waals surface area (Å²) in [5, 5.41) is 8.41. The molecule has 1 fully saturated rings. The van der Waals surface area contributed by atoms with E-state index in [0.717, 1.165) is 12.0 Å². The minimum atomic E-state index is -0.130. The molecule has 7 heteroatoms. The summed E-state index contributed by atoms with van der Waals surface area (Å²) in [5.74, 6) is -0.0594. The molecule has 144 valence electrons. The Labute approximate surface area is 164 Å². The first-order chi connectivity index (χ1) is 12.8. The van der Waals surface area contributed by atoms with Gasteiger partial charge < -0.3 is 10.6 Å². The van der Waals surface area contributed by atoms with E-state index in [-0.39, 0.29) is 29.8 Å². The topological polar surface area (TPSA) is 74.3 Å². The highest BCUT2D eigenvalue weighted by Gasteiger charge is 2.25. The third kappa shape index (κ3) is 5.29. The van der Waals surface area contributed by atoms with E-state index in [1.165, 1.54) is 11.3 Å². The van der Waals surface area contributed by atoms with E-state index in [0.29, 0.717) is 23.9 Å². The van der Waals surface area contributed by atoms with Crippen LogP contribution in [0.3, 0.4) is 0 Å². The maximum Gasteiger partial charge on any atom is 0.323 e. The number of hydrogen-bond donors (Lipinski definition) is 2. The van der Waals surface area contributed by atoms with Crippen LogP contribution in [-0.2, 0) is 11.2 Å². The average Bonchev–Trinajstić information content (AvgIpc) is 3.22. The molecule has 2 N–H and O–H groups in total. The first kappa shape index (κ1) is 19.4. The Morgan fingerprint density at radius 3 is 2.70 bits per heavy atom. The van der Waals surface area contributed by atoms with Gasteiger partial charge in [0.2, 0.25) is 5.91 Å². The summed E-state index contributed by atoms with van der Waals surface area (Å²) in [6, 6.07) is 9.88. The monoisotopic (exact) mass is 386 g/mol. The number of nitrogens with zero attached hydrogens (tertiary/aromatic N) is 2. The molecule has 1 unspecified atom stereocenters. The molecule has 3 rings (SSSR count). The quantitative estimate of drug-likeness (QED) is 0.798. The van der Waals surface area contributed by atoms with Crippen LogP contribution in [0.2, 0.25) is 0 Å². The molecule has 2 aromatic rings. The molecule has 1 aliphatic heterocycles. The molecule has 6 nitrogen and oxygen atoms in total. The number of urea groups is 1. The molecule has 1 aromatic carbocycles. The largest absolute Gasteiger partial charge is 0.349 e. The zero-order valence-corrected chi connectivity index (χ0v) is 16.8. The van der Waals surface area contributed by atoms with E-state index < -0.39 is 0 Å². The molecule has 0 radical (unpaired) electrons. The van der Waals surface area contributed by atoms with Crippen molar-refractivity contribution >= 4 is 28.4 Å². The smallest absolute Gasteiger partial charge is 0.323 e. The summed E-state index contributed by atoms with van der Waals surface area (Å²) < 4.78 is 0. The van der Waals surface area contributed by atoms with Crippen molar-refractivity contribution in [2.45, 2.75) is 39.7 Å². The van der Waals surface area contributed by atoms with E-state index in [4.69, 9.17) is 0 Å². The van der Waals surface area contributed by atoms with Crippen LogP contribution in [0.4, 0.5) is 9.93 Å². The van der Waals surface area contributed by atoms with Crippen molar-refractivity contribution in [1.82, 2.24) is 15.6 Å². The first-order valence-corrected chi connectivity index (χ1v) is 10.0. The second-order valence-corrected chi connectivity index (χ2v) is 8.81. The molecule has 0 aliphatic carbocycles. The van der Waals surface area contributed by atoms with E-state index >= 15 is 0 Å². The third-order valence-corrected chi connectivity index (χ3v) is 5.24. The Bertz CT molecular complexity index is 798. The van der Waals surface area contributed by atoms with Gasteiger partial charge in [-0.1, -0.05) is 51.1 Å². The number of hydrogen-bond acceptors (Lipinski definition) is 4. The van der Waals surface area contributed by atoms with Gasteiger partial charge >= 0.3 is 6.03 Å². The molecular weight excluding hydrogens is 360 g/mol. The SMILES string of the molecule is CC(C)(C)CC(NC(=O)Cc1csc(N2CCNC2=O)n1)c1ccccc1. The highest BCUT2D eigenvalue weighted by molar-refractivity contribution is 7.14. The number of carbonyl (C=O) groups excluding carboxylic acids is 2. The summed E-state index contributed by atoms with van der Waals surface area (Å²) in [6.45, 7) is 7.74. The number of rotatable bonds is 6. The lowest BCUT2D eigenvalue weighted by Gasteiger charge is -2.27. The van der Waals surface area contributed by atoms with Gasteiger partial charge in [0.1, 0.15) is 0 Å². The second-order valence-electron chi connectivity index (χ2n) is 7.98. The van der Waals surface area contributed by atoms with Gasteiger partial charge in [0.15, 0.2) is 5.13 Å². The highest BCUT2D eigenvalue weighted by Crippen LogP contribution is 2.29. The number of nitrogens with one attached hydrogen (secondary N) is 2. The maximum atomic E-state index is 12.6. The van der Waals surface area contributed by atoms with Gasteiger partial charge in [0, 0.05) is 18.5 Å². The van der Waals surface area contributed by atoms with Crippen LogP contribution in [-0.4, -0.2) is 30.0 Å². The van der Waals surface area contributed by atoms with Gasteiger partial charge in [-0.25, -0.2) is 9.78 Å². The summed E-state index contributed by atoms with van der Waals surface area (Å²) in [4.78, 5) is 30.5. The van der Waals surface area contributed by atoms with Crippen molar-refractivity contribution in [1.29, 1.82) is 0 Å². The van der Waals surface area contributed by atoms with Crippen LogP contribution in [0.1, 0.15) is 44.5 Å². The molecular formula is C20H26N4O2S.